The largest absolute Gasteiger partial charge is 0.396 e. The van der Waals surface area contributed by atoms with Gasteiger partial charge < -0.3 is 11.1 Å². The molecule has 78 valence electrons. The molecule has 0 amide bonds. The van der Waals surface area contributed by atoms with Crippen LogP contribution >= 0.6 is 11.6 Å². The summed E-state index contributed by atoms with van der Waals surface area (Å²) in [5.74, 6) is 0. The number of rotatable bonds is 4. The van der Waals surface area contributed by atoms with Crippen molar-refractivity contribution >= 4 is 23.0 Å². The fraction of sp³-hybridized carbons (Fsp3) is 0.455. The first-order valence-electron chi connectivity index (χ1n) is 4.95. The maximum atomic E-state index is 5.93. The second-order valence-electron chi connectivity index (χ2n) is 3.35. The first kappa shape index (κ1) is 11.2. The summed E-state index contributed by atoms with van der Waals surface area (Å²) in [6.45, 7) is 2.18. The molecule has 0 saturated heterocycles. The molecule has 3 N–H and O–H groups in total. The maximum Gasteiger partial charge on any atom is 0.0741 e. The second-order valence-corrected chi connectivity index (χ2v) is 3.76. The van der Waals surface area contributed by atoms with Crippen LogP contribution < -0.4 is 11.1 Å². The summed E-state index contributed by atoms with van der Waals surface area (Å²) in [6.07, 6.45) is 3.41. The smallest absolute Gasteiger partial charge is 0.0741 e. The number of halogens is 1. The zero-order chi connectivity index (χ0) is 10.6. The minimum absolute atomic E-state index is 0.620. The summed E-state index contributed by atoms with van der Waals surface area (Å²) in [6, 6.07) is 3.91. The van der Waals surface area contributed by atoms with E-state index < -0.39 is 0 Å². The van der Waals surface area contributed by atoms with Gasteiger partial charge in [-0.3, -0.25) is 0 Å². The standard InChI is InChI=1S/C11H17ClN2/c1-3-4-5-8-6-7-9(12)10(13)11(8)14-2/h6-7,14H,3-5,13H2,1-2H3. The van der Waals surface area contributed by atoms with Gasteiger partial charge in [-0.25, -0.2) is 0 Å². The Hall–Kier alpha value is -0.890. The zero-order valence-electron chi connectivity index (χ0n) is 8.73. The van der Waals surface area contributed by atoms with E-state index in [2.05, 4.69) is 12.2 Å². The topological polar surface area (TPSA) is 38.0 Å². The Morgan fingerprint density at radius 2 is 2.14 bits per heavy atom. The molecule has 1 aromatic carbocycles. The Morgan fingerprint density at radius 1 is 1.43 bits per heavy atom. The van der Waals surface area contributed by atoms with E-state index >= 15 is 0 Å². The summed E-state index contributed by atoms with van der Waals surface area (Å²) in [4.78, 5) is 0. The van der Waals surface area contributed by atoms with E-state index in [-0.39, 0.29) is 0 Å². The van der Waals surface area contributed by atoms with E-state index in [9.17, 15) is 0 Å². The van der Waals surface area contributed by atoms with Crippen LogP contribution in [-0.4, -0.2) is 7.05 Å². The van der Waals surface area contributed by atoms with Crippen molar-refractivity contribution in [3.8, 4) is 0 Å². The number of hydrogen-bond acceptors (Lipinski definition) is 2. The van der Waals surface area contributed by atoms with Crippen molar-refractivity contribution < 1.29 is 0 Å². The van der Waals surface area contributed by atoms with E-state index in [0.29, 0.717) is 10.7 Å². The third-order valence-electron chi connectivity index (χ3n) is 2.33. The van der Waals surface area contributed by atoms with E-state index in [1.165, 1.54) is 18.4 Å². The summed E-state index contributed by atoms with van der Waals surface area (Å²) >= 11 is 5.93. The van der Waals surface area contributed by atoms with Gasteiger partial charge in [-0.15, -0.1) is 0 Å². The molecular formula is C11H17ClN2. The zero-order valence-corrected chi connectivity index (χ0v) is 9.49. The average Bonchev–Trinajstić information content (AvgIpc) is 2.20. The molecule has 0 unspecified atom stereocenters. The molecule has 0 saturated carbocycles. The number of nitrogens with two attached hydrogens (primary N) is 1. The first-order chi connectivity index (χ1) is 6.70. The lowest BCUT2D eigenvalue weighted by Crippen LogP contribution is -2.01. The van der Waals surface area contributed by atoms with Gasteiger partial charge in [-0.05, 0) is 24.5 Å². The van der Waals surface area contributed by atoms with Crippen molar-refractivity contribution in [2.75, 3.05) is 18.1 Å². The number of anilines is 2. The van der Waals surface area contributed by atoms with Crippen molar-refractivity contribution in [1.82, 2.24) is 0 Å². The lowest BCUT2D eigenvalue weighted by molar-refractivity contribution is 0.796. The highest BCUT2D eigenvalue weighted by atomic mass is 35.5. The monoisotopic (exact) mass is 212 g/mol. The molecular weight excluding hydrogens is 196 g/mol. The van der Waals surface area contributed by atoms with E-state index in [0.717, 1.165) is 12.1 Å². The van der Waals surface area contributed by atoms with Crippen LogP contribution in [0.1, 0.15) is 25.3 Å². The van der Waals surface area contributed by atoms with Gasteiger partial charge in [0.05, 0.1) is 16.4 Å². The van der Waals surface area contributed by atoms with Gasteiger partial charge in [0.15, 0.2) is 0 Å². The van der Waals surface area contributed by atoms with Crippen LogP contribution in [0, 0.1) is 0 Å². The molecule has 0 aliphatic rings. The number of benzene rings is 1. The molecule has 0 spiro atoms. The fourth-order valence-electron chi connectivity index (χ4n) is 1.51. The van der Waals surface area contributed by atoms with Crippen LogP contribution in [0.25, 0.3) is 0 Å². The lowest BCUT2D eigenvalue weighted by atomic mass is 10.1. The van der Waals surface area contributed by atoms with Crippen molar-refractivity contribution in [1.29, 1.82) is 0 Å². The SMILES string of the molecule is CCCCc1ccc(Cl)c(N)c1NC. The molecule has 0 aromatic heterocycles. The van der Waals surface area contributed by atoms with Gasteiger partial charge in [0.1, 0.15) is 0 Å². The predicted molar refractivity (Wildman–Crippen MR) is 64.0 cm³/mol. The quantitative estimate of drug-likeness (QED) is 0.752. The number of nitrogen functional groups attached to an aromatic ring is 1. The van der Waals surface area contributed by atoms with Crippen molar-refractivity contribution in [3.05, 3.63) is 22.7 Å². The highest BCUT2D eigenvalue weighted by Gasteiger charge is 2.07. The van der Waals surface area contributed by atoms with Gasteiger partial charge in [0.2, 0.25) is 0 Å². The van der Waals surface area contributed by atoms with E-state index in [1.54, 1.807) is 0 Å². The minimum Gasteiger partial charge on any atom is -0.396 e. The summed E-state index contributed by atoms with van der Waals surface area (Å²) in [5, 5.41) is 3.72. The summed E-state index contributed by atoms with van der Waals surface area (Å²) < 4.78 is 0. The van der Waals surface area contributed by atoms with E-state index in [1.807, 2.05) is 19.2 Å². The molecule has 0 aliphatic heterocycles. The highest BCUT2D eigenvalue weighted by molar-refractivity contribution is 6.33. The molecule has 0 aliphatic carbocycles. The maximum absolute atomic E-state index is 5.93. The Balaban J connectivity index is 2.98. The predicted octanol–water partition coefficient (Wildman–Crippen LogP) is 3.31. The molecule has 0 heterocycles. The molecule has 0 bridgehead atoms. The van der Waals surface area contributed by atoms with Crippen LogP contribution in [0.3, 0.4) is 0 Å². The normalized spacial score (nSPS) is 10.2. The van der Waals surface area contributed by atoms with Gasteiger partial charge in [0, 0.05) is 7.05 Å². The van der Waals surface area contributed by atoms with Gasteiger partial charge in [-0.2, -0.15) is 0 Å². The third kappa shape index (κ3) is 2.32. The average molecular weight is 213 g/mol. The Morgan fingerprint density at radius 3 is 2.71 bits per heavy atom. The fourth-order valence-corrected chi connectivity index (χ4v) is 1.67. The Kier molecular flexibility index (Phi) is 4.08. The van der Waals surface area contributed by atoms with Gasteiger partial charge in [0.25, 0.3) is 0 Å². The molecule has 0 radical (unpaired) electrons. The third-order valence-corrected chi connectivity index (χ3v) is 2.66. The van der Waals surface area contributed by atoms with Crippen molar-refractivity contribution in [3.63, 3.8) is 0 Å². The molecule has 14 heavy (non-hydrogen) atoms. The minimum atomic E-state index is 0.620. The molecule has 1 aromatic rings. The number of nitrogens with one attached hydrogen (secondary N) is 1. The summed E-state index contributed by atoms with van der Waals surface area (Å²) in [7, 11) is 1.87. The first-order valence-corrected chi connectivity index (χ1v) is 5.33. The number of unbranched alkanes of at least 4 members (excludes halogenated alkanes) is 1. The molecule has 0 atom stereocenters. The molecule has 1 rings (SSSR count). The van der Waals surface area contributed by atoms with Gasteiger partial charge >= 0.3 is 0 Å². The molecule has 0 fully saturated rings. The highest BCUT2D eigenvalue weighted by Crippen LogP contribution is 2.31. The van der Waals surface area contributed by atoms with Crippen molar-refractivity contribution in [2.24, 2.45) is 0 Å². The Labute approximate surface area is 90.4 Å². The summed E-state index contributed by atoms with van der Waals surface area (Å²) in [5.41, 5.74) is 8.75. The number of hydrogen-bond donors (Lipinski definition) is 2. The van der Waals surface area contributed by atoms with Crippen LogP contribution in [0.4, 0.5) is 11.4 Å². The van der Waals surface area contributed by atoms with Crippen LogP contribution in [0.15, 0.2) is 12.1 Å². The van der Waals surface area contributed by atoms with Gasteiger partial charge in [-0.1, -0.05) is 31.0 Å². The van der Waals surface area contributed by atoms with Crippen LogP contribution in [0.5, 0.6) is 0 Å². The number of aryl methyl sites for hydroxylation is 1. The van der Waals surface area contributed by atoms with E-state index in [4.69, 9.17) is 17.3 Å². The Bertz CT molecular complexity index is 310. The van der Waals surface area contributed by atoms with Crippen LogP contribution in [-0.2, 0) is 6.42 Å². The molecule has 2 nitrogen and oxygen atoms in total. The van der Waals surface area contributed by atoms with Crippen molar-refractivity contribution in [2.45, 2.75) is 26.2 Å². The molecule has 3 heteroatoms. The van der Waals surface area contributed by atoms with Crippen LogP contribution in [0.2, 0.25) is 5.02 Å². The lowest BCUT2D eigenvalue weighted by Gasteiger charge is -2.12. The second kappa shape index (κ2) is 5.11.